The van der Waals surface area contributed by atoms with Gasteiger partial charge in [0.2, 0.25) is 0 Å². The van der Waals surface area contributed by atoms with Gasteiger partial charge in [0.1, 0.15) is 0 Å². The van der Waals surface area contributed by atoms with E-state index >= 15 is 0 Å². The maximum Gasteiger partial charge on any atom is 0.488 e. The summed E-state index contributed by atoms with van der Waals surface area (Å²) in [6.07, 6.45) is 0. The van der Waals surface area contributed by atoms with Crippen LogP contribution in [0.25, 0.3) is 0 Å². The second kappa shape index (κ2) is 4.83. The van der Waals surface area contributed by atoms with Crippen LogP contribution < -0.4 is 9.92 Å². The largest absolute Gasteiger partial charge is 0.488 e. The molecule has 0 fully saturated rings. The molecular formula is C10H14FNO3S2. The van der Waals surface area contributed by atoms with Crippen LogP contribution in [-0.2, 0) is 17.0 Å². The predicted octanol–water partition coefficient (Wildman–Crippen LogP) is 1.95. The van der Waals surface area contributed by atoms with Gasteiger partial charge in [-0.15, -0.1) is 12.6 Å². The van der Waals surface area contributed by atoms with E-state index in [2.05, 4.69) is 16.8 Å². The Bertz CT molecular complexity index is 555. The van der Waals surface area contributed by atoms with Crippen molar-refractivity contribution in [3.05, 3.63) is 22.3 Å². The smallest absolute Gasteiger partial charge is 0.358 e. The number of rotatable bonds is 3. The molecule has 1 aromatic carbocycles. The number of hydrogen-bond donors (Lipinski definition) is 2. The van der Waals surface area contributed by atoms with Crippen LogP contribution >= 0.6 is 12.6 Å². The van der Waals surface area contributed by atoms with Crippen LogP contribution in [0.15, 0.2) is 4.90 Å². The molecule has 0 aliphatic heterocycles. The summed E-state index contributed by atoms with van der Waals surface area (Å²) in [5, 5.41) is 0. The van der Waals surface area contributed by atoms with Crippen molar-refractivity contribution in [2.24, 2.45) is 5.73 Å². The van der Waals surface area contributed by atoms with Gasteiger partial charge in [0.05, 0.1) is 0 Å². The van der Waals surface area contributed by atoms with Gasteiger partial charge in [0, 0.05) is 17.0 Å². The highest BCUT2D eigenvalue weighted by atomic mass is 32.3. The summed E-state index contributed by atoms with van der Waals surface area (Å²) in [4.78, 5) is 0.551. The average molecular weight is 279 g/mol. The first-order valence-corrected chi connectivity index (χ1v) is 6.60. The summed E-state index contributed by atoms with van der Waals surface area (Å²) in [7, 11) is -5.05. The van der Waals surface area contributed by atoms with E-state index in [4.69, 9.17) is 5.73 Å². The third-order valence-corrected chi connectivity index (χ3v) is 3.72. The number of benzene rings is 1. The number of halogens is 1. The molecule has 0 aliphatic carbocycles. The molecule has 0 radical (unpaired) electrons. The van der Waals surface area contributed by atoms with Crippen molar-refractivity contribution in [2.45, 2.75) is 32.2 Å². The van der Waals surface area contributed by atoms with Gasteiger partial charge in [-0.25, -0.2) is 0 Å². The SMILES string of the molecule is Cc1c(S)c(C)c(OS(=O)(=O)F)c(C)c1CN. The van der Waals surface area contributed by atoms with Gasteiger partial charge in [-0.2, -0.15) is 8.42 Å². The molecule has 1 aromatic rings. The summed E-state index contributed by atoms with van der Waals surface area (Å²) < 4.78 is 38.1. The first-order valence-electron chi connectivity index (χ1n) is 4.84. The summed E-state index contributed by atoms with van der Waals surface area (Å²) in [5.41, 5.74) is 8.11. The Morgan fingerprint density at radius 1 is 1.24 bits per heavy atom. The lowest BCUT2D eigenvalue weighted by molar-refractivity contribution is 0.436. The molecular weight excluding hydrogens is 265 g/mol. The monoisotopic (exact) mass is 279 g/mol. The Kier molecular flexibility index (Phi) is 4.06. The molecule has 4 nitrogen and oxygen atoms in total. The molecule has 0 unspecified atom stereocenters. The highest BCUT2D eigenvalue weighted by Crippen LogP contribution is 2.35. The Morgan fingerprint density at radius 2 is 1.76 bits per heavy atom. The third-order valence-electron chi connectivity index (χ3n) is 2.68. The Hall–Kier alpha value is -0.790. The van der Waals surface area contributed by atoms with Crippen LogP contribution in [0.5, 0.6) is 5.75 Å². The normalized spacial score (nSPS) is 11.6. The zero-order valence-electron chi connectivity index (χ0n) is 9.74. The molecule has 0 heterocycles. The van der Waals surface area contributed by atoms with E-state index in [0.29, 0.717) is 21.6 Å². The van der Waals surface area contributed by atoms with Gasteiger partial charge in [-0.05, 0) is 37.5 Å². The Morgan fingerprint density at radius 3 is 2.18 bits per heavy atom. The molecule has 0 aliphatic rings. The fourth-order valence-electron chi connectivity index (χ4n) is 1.76. The lowest BCUT2D eigenvalue weighted by Gasteiger charge is -2.17. The van der Waals surface area contributed by atoms with E-state index < -0.39 is 10.5 Å². The fourth-order valence-corrected chi connectivity index (χ4v) is 2.45. The number of hydrogen-bond acceptors (Lipinski definition) is 5. The molecule has 0 atom stereocenters. The number of nitrogens with two attached hydrogens (primary N) is 1. The zero-order valence-corrected chi connectivity index (χ0v) is 11.5. The molecule has 0 bridgehead atoms. The molecule has 2 N–H and O–H groups in total. The van der Waals surface area contributed by atoms with E-state index in [1.165, 1.54) is 0 Å². The van der Waals surface area contributed by atoms with Crippen molar-refractivity contribution < 1.29 is 16.5 Å². The second-order valence-electron chi connectivity index (χ2n) is 3.71. The molecule has 7 heteroatoms. The molecule has 0 saturated heterocycles. The minimum atomic E-state index is -5.05. The van der Waals surface area contributed by atoms with Gasteiger partial charge < -0.3 is 9.92 Å². The molecule has 0 saturated carbocycles. The maximum atomic E-state index is 12.6. The zero-order chi connectivity index (χ0) is 13.4. The van der Waals surface area contributed by atoms with Crippen molar-refractivity contribution in [2.75, 3.05) is 0 Å². The molecule has 1 rings (SSSR count). The Balaban J connectivity index is 3.56. The summed E-state index contributed by atoms with van der Waals surface area (Å²) in [5.74, 6) is -0.0384. The lowest BCUT2D eigenvalue weighted by atomic mass is 9.98. The molecule has 17 heavy (non-hydrogen) atoms. The first-order chi connectivity index (χ1) is 7.69. The van der Waals surface area contributed by atoms with Gasteiger partial charge in [-0.3, -0.25) is 0 Å². The highest BCUT2D eigenvalue weighted by molar-refractivity contribution is 7.81. The summed E-state index contributed by atoms with van der Waals surface area (Å²) in [6, 6.07) is 0. The van der Waals surface area contributed by atoms with Crippen LogP contribution in [0, 0.1) is 20.8 Å². The van der Waals surface area contributed by atoms with Gasteiger partial charge in [-0.1, -0.05) is 3.89 Å². The number of thiol groups is 1. The van der Waals surface area contributed by atoms with E-state index in [-0.39, 0.29) is 12.3 Å². The van der Waals surface area contributed by atoms with E-state index in [1.54, 1.807) is 13.8 Å². The van der Waals surface area contributed by atoms with Gasteiger partial charge >= 0.3 is 10.5 Å². The third kappa shape index (κ3) is 2.91. The molecule has 96 valence electrons. The van der Waals surface area contributed by atoms with Crippen LogP contribution in [0.2, 0.25) is 0 Å². The Labute approximate surface area is 106 Å². The van der Waals surface area contributed by atoms with E-state index in [0.717, 1.165) is 5.56 Å². The second-order valence-corrected chi connectivity index (χ2v) is 5.11. The quantitative estimate of drug-likeness (QED) is 0.655. The summed E-state index contributed by atoms with van der Waals surface area (Å²) >= 11 is 4.25. The van der Waals surface area contributed by atoms with Crippen molar-refractivity contribution in [3.63, 3.8) is 0 Å². The van der Waals surface area contributed by atoms with Crippen LogP contribution in [0.3, 0.4) is 0 Å². The minimum absolute atomic E-state index is 0.0384. The minimum Gasteiger partial charge on any atom is -0.358 e. The van der Waals surface area contributed by atoms with Crippen LogP contribution in [0.4, 0.5) is 3.89 Å². The predicted molar refractivity (Wildman–Crippen MR) is 66.5 cm³/mol. The standard InChI is InChI=1S/C10H14FNO3S2/c1-5-8(4-12)6(2)10(16)7(3)9(5)15-17(11,13)14/h16H,4,12H2,1-3H3. The van der Waals surface area contributed by atoms with Crippen molar-refractivity contribution in [3.8, 4) is 5.75 Å². The van der Waals surface area contributed by atoms with Crippen LogP contribution in [0.1, 0.15) is 22.3 Å². The van der Waals surface area contributed by atoms with Crippen molar-refractivity contribution in [1.82, 2.24) is 0 Å². The molecule has 0 aromatic heterocycles. The summed E-state index contributed by atoms with van der Waals surface area (Å²) in [6.45, 7) is 5.27. The van der Waals surface area contributed by atoms with Crippen LogP contribution in [-0.4, -0.2) is 8.42 Å². The van der Waals surface area contributed by atoms with E-state index in [1.807, 2.05) is 6.92 Å². The molecule has 0 spiro atoms. The maximum absolute atomic E-state index is 12.6. The van der Waals surface area contributed by atoms with E-state index in [9.17, 15) is 12.3 Å². The van der Waals surface area contributed by atoms with Crippen molar-refractivity contribution >= 4 is 23.1 Å². The topological polar surface area (TPSA) is 69.4 Å². The van der Waals surface area contributed by atoms with Gasteiger partial charge in [0.15, 0.2) is 5.75 Å². The highest BCUT2D eigenvalue weighted by Gasteiger charge is 2.20. The lowest BCUT2D eigenvalue weighted by Crippen LogP contribution is -2.10. The van der Waals surface area contributed by atoms with Crippen molar-refractivity contribution in [1.29, 1.82) is 0 Å². The van der Waals surface area contributed by atoms with Gasteiger partial charge in [0.25, 0.3) is 0 Å². The first kappa shape index (κ1) is 14.3. The fraction of sp³-hybridized carbons (Fsp3) is 0.400. The average Bonchev–Trinajstić information content (AvgIpc) is 2.21. The molecule has 0 amide bonds.